The van der Waals surface area contributed by atoms with Crippen molar-refractivity contribution in [3.63, 3.8) is 0 Å². The normalized spacial score (nSPS) is 11.8. The maximum atomic E-state index is 12.9. The molecule has 0 saturated heterocycles. The smallest absolute Gasteiger partial charge is 0.416 e. The van der Waals surface area contributed by atoms with Crippen LogP contribution in [0.25, 0.3) is 0 Å². The minimum Gasteiger partial charge on any atom is -0.447 e. The van der Waals surface area contributed by atoms with Crippen molar-refractivity contribution in [1.82, 2.24) is 15.2 Å². The first-order valence-electron chi connectivity index (χ1n) is 10.4. The minimum atomic E-state index is -4.37. The summed E-state index contributed by atoms with van der Waals surface area (Å²) in [4.78, 5) is 18.5. The van der Waals surface area contributed by atoms with Gasteiger partial charge in [0.25, 0.3) is 5.91 Å². The number of oxazole rings is 1. The molecule has 0 aliphatic heterocycles. The summed E-state index contributed by atoms with van der Waals surface area (Å²) in [5, 5.41) is 2.80. The summed E-state index contributed by atoms with van der Waals surface area (Å²) < 4.78 is 44.1. The molecular weight excluding hydrogens is 419 g/mol. The van der Waals surface area contributed by atoms with Crippen LogP contribution in [-0.4, -0.2) is 22.3 Å². The fourth-order valence-electron chi connectivity index (χ4n) is 3.13. The molecule has 0 radical (unpaired) electrons. The van der Waals surface area contributed by atoms with Crippen molar-refractivity contribution in [2.45, 2.75) is 39.7 Å². The van der Waals surface area contributed by atoms with Crippen molar-refractivity contribution in [2.75, 3.05) is 6.54 Å². The number of benzene rings is 2. The Balaban J connectivity index is 1.73. The predicted molar refractivity (Wildman–Crippen MR) is 115 cm³/mol. The highest BCUT2D eigenvalue weighted by Gasteiger charge is 2.30. The summed E-state index contributed by atoms with van der Waals surface area (Å²) in [6, 6.07) is 14.8. The number of amides is 1. The first kappa shape index (κ1) is 23.5. The Kier molecular flexibility index (Phi) is 7.69. The number of carbonyl (C=O) groups excluding carboxylic acids is 1. The van der Waals surface area contributed by atoms with E-state index in [-0.39, 0.29) is 11.6 Å². The lowest BCUT2D eigenvalue weighted by Crippen LogP contribution is -2.27. The quantitative estimate of drug-likeness (QED) is 0.487. The van der Waals surface area contributed by atoms with Gasteiger partial charge in [0.05, 0.1) is 12.1 Å². The maximum Gasteiger partial charge on any atom is 0.416 e. The van der Waals surface area contributed by atoms with Gasteiger partial charge in [-0.05, 0) is 29.2 Å². The molecule has 0 bridgehead atoms. The number of carbonyl (C=O) groups is 1. The zero-order valence-electron chi connectivity index (χ0n) is 18.0. The third-order valence-corrected chi connectivity index (χ3v) is 4.75. The van der Waals surface area contributed by atoms with Crippen molar-refractivity contribution in [3.8, 4) is 0 Å². The standard InChI is InChI=1S/C24H26F3N3O2/c1-17(2)12-28-23(31)21-16-32-22(29-21)15-30(13-18-6-4-3-5-7-18)14-19-8-10-20(11-9-19)24(25,26)27/h3-11,16-17H,12-15H2,1-2H3,(H,28,31). The Morgan fingerprint density at radius 3 is 2.22 bits per heavy atom. The van der Waals surface area contributed by atoms with E-state index < -0.39 is 11.7 Å². The molecule has 3 rings (SSSR count). The third-order valence-electron chi connectivity index (χ3n) is 4.75. The van der Waals surface area contributed by atoms with E-state index in [2.05, 4.69) is 10.3 Å². The number of nitrogens with zero attached hydrogens (tertiary/aromatic N) is 2. The van der Waals surface area contributed by atoms with Crippen LogP contribution in [0.5, 0.6) is 0 Å². The molecule has 32 heavy (non-hydrogen) atoms. The Hall–Kier alpha value is -3.13. The van der Waals surface area contributed by atoms with Crippen LogP contribution in [0, 0.1) is 5.92 Å². The van der Waals surface area contributed by atoms with E-state index in [4.69, 9.17) is 4.42 Å². The number of nitrogens with one attached hydrogen (secondary N) is 1. The summed E-state index contributed by atoms with van der Waals surface area (Å²) in [6.45, 7) is 5.76. The number of hydrogen-bond donors (Lipinski definition) is 1. The highest BCUT2D eigenvalue weighted by Crippen LogP contribution is 2.29. The van der Waals surface area contributed by atoms with Crippen LogP contribution in [0.1, 0.15) is 46.9 Å². The van der Waals surface area contributed by atoms with Gasteiger partial charge in [0, 0.05) is 19.6 Å². The predicted octanol–water partition coefficient (Wildman–Crippen LogP) is 5.28. The topological polar surface area (TPSA) is 58.4 Å². The first-order valence-corrected chi connectivity index (χ1v) is 10.4. The van der Waals surface area contributed by atoms with Gasteiger partial charge in [0.1, 0.15) is 6.26 Å². The molecule has 0 atom stereocenters. The van der Waals surface area contributed by atoms with Crippen LogP contribution >= 0.6 is 0 Å². The van der Waals surface area contributed by atoms with Gasteiger partial charge in [-0.2, -0.15) is 13.2 Å². The second kappa shape index (κ2) is 10.5. The molecule has 8 heteroatoms. The summed E-state index contributed by atoms with van der Waals surface area (Å²) in [5.41, 5.74) is 1.30. The Bertz CT molecular complexity index is 999. The van der Waals surface area contributed by atoms with E-state index >= 15 is 0 Å². The van der Waals surface area contributed by atoms with Gasteiger partial charge < -0.3 is 9.73 Å². The molecule has 1 heterocycles. The lowest BCUT2D eigenvalue weighted by molar-refractivity contribution is -0.137. The van der Waals surface area contributed by atoms with Crippen molar-refractivity contribution < 1.29 is 22.4 Å². The molecule has 170 valence electrons. The van der Waals surface area contributed by atoms with Crippen LogP contribution < -0.4 is 5.32 Å². The highest BCUT2D eigenvalue weighted by molar-refractivity contribution is 5.91. The van der Waals surface area contributed by atoms with Crippen molar-refractivity contribution >= 4 is 5.91 Å². The lowest BCUT2D eigenvalue weighted by Gasteiger charge is -2.21. The van der Waals surface area contributed by atoms with E-state index in [1.54, 1.807) is 0 Å². The molecule has 2 aromatic carbocycles. The van der Waals surface area contributed by atoms with Crippen LogP contribution in [0.15, 0.2) is 65.3 Å². The monoisotopic (exact) mass is 445 g/mol. The molecule has 0 aliphatic carbocycles. The largest absolute Gasteiger partial charge is 0.447 e. The van der Waals surface area contributed by atoms with Crippen molar-refractivity contribution in [1.29, 1.82) is 0 Å². The summed E-state index contributed by atoms with van der Waals surface area (Å²) in [5.74, 6) is 0.379. The Morgan fingerprint density at radius 1 is 1.00 bits per heavy atom. The Morgan fingerprint density at radius 2 is 1.62 bits per heavy atom. The van der Waals surface area contributed by atoms with Gasteiger partial charge in [-0.25, -0.2) is 4.98 Å². The van der Waals surface area contributed by atoms with E-state index in [0.29, 0.717) is 38.0 Å². The number of aromatic nitrogens is 1. The Labute approximate surface area is 185 Å². The van der Waals surface area contributed by atoms with Crippen LogP contribution in [0.3, 0.4) is 0 Å². The third kappa shape index (κ3) is 6.95. The molecule has 1 N–H and O–H groups in total. The summed E-state index contributed by atoms with van der Waals surface area (Å²) >= 11 is 0. The molecule has 1 aromatic heterocycles. The van der Waals surface area contributed by atoms with Crippen LogP contribution in [0.4, 0.5) is 13.2 Å². The number of alkyl halides is 3. The second-order valence-corrected chi connectivity index (χ2v) is 8.06. The molecule has 0 spiro atoms. The summed E-state index contributed by atoms with van der Waals surface area (Å²) in [6.07, 6.45) is -3.04. The SMILES string of the molecule is CC(C)CNC(=O)c1coc(CN(Cc2ccccc2)Cc2ccc(C(F)(F)F)cc2)n1. The number of rotatable bonds is 9. The maximum absolute atomic E-state index is 12.9. The van der Waals surface area contributed by atoms with Gasteiger partial charge in [0.15, 0.2) is 5.69 Å². The molecule has 5 nitrogen and oxygen atoms in total. The molecular formula is C24H26F3N3O2. The molecule has 1 amide bonds. The second-order valence-electron chi connectivity index (χ2n) is 8.06. The zero-order valence-corrected chi connectivity index (χ0v) is 18.0. The van der Waals surface area contributed by atoms with Gasteiger partial charge in [-0.3, -0.25) is 9.69 Å². The molecule has 0 unspecified atom stereocenters. The van der Waals surface area contributed by atoms with E-state index in [0.717, 1.165) is 23.3 Å². The zero-order chi connectivity index (χ0) is 23.1. The molecule has 0 aliphatic rings. The van der Waals surface area contributed by atoms with Crippen molar-refractivity contribution in [2.24, 2.45) is 5.92 Å². The fourth-order valence-corrected chi connectivity index (χ4v) is 3.13. The number of hydrogen-bond acceptors (Lipinski definition) is 4. The van der Waals surface area contributed by atoms with Gasteiger partial charge in [-0.15, -0.1) is 0 Å². The molecule has 0 saturated carbocycles. The molecule has 0 fully saturated rings. The number of halogens is 3. The summed E-state index contributed by atoms with van der Waals surface area (Å²) in [7, 11) is 0. The van der Waals surface area contributed by atoms with Gasteiger partial charge in [0.2, 0.25) is 5.89 Å². The van der Waals surface area contributed by atoms with Gasteiger partial charge >= 0.3 is 6.18 Å². The fraction of sp³-hybridized carbons (Fsp3) is 0.333. The van der Waals surface area contributed by atoms with Crippen molar-refractivity contribution in [3.05, 3.63) is 89.1 Å². The van der Waals surface area contributed by atoms with E-state index in [1.807, 2.05) is 49.1 Å². The average molecular weight is 445 g/mol. The van der Waals surface area contributed by atoms with Gasteiger partial charge in [-0.1, -0.05) is 56.3 Å². The minimum absolute atomic E-state index is 0.204. The molecule has 3 aromatic rings. The van der Waals surface area contributed by atoms with Crippen LogP contribution in [-0.2, 0) is 25.8 Å². The van der Waals surface area contributed by atoms with E-state index in [9.17, 15) is 18.0 Å². The first-order chi connectivity index (χ1) is 15.2. The lowest BCUT2D eigenvalue weighted by atomic mass is 10.1. The highest BCUT2D eigenvalue weighted by atomic mass is 19.4. The average Bonchev–Trinajstić information content (AvgIpc) is 3.21. The van der Waals surface area contributed by atoms with E-state index in [1.165, 1.54) is 18.4 Å². The van der Waals surface area contributed by atoms with Crippen LogP contribution in [0.2, 0.25) is 0 Å².